The molecule has 0 aromatic heterocycles. The summed E-state index contributed by atoms with van der Waals surface area (Å²) in [4.78, 5) is 14.0. The van der Waals surface area contributed by atoms with E-state index >= 15 is 0 Å². The third kappa shape index (κ3) is 2.31. The molecule has 82 valence electrons. The van der Waals surface area contributed by atoms with E-state index in [1.165, 1.54) is 16.7 Å². The van der Waals surface area contributed by atoms with E-state index in [1.807, 2.05) is 30.3 Å². The summed E-state index contributed by atoms with van der Waals surface area (Å²) in [6, 6.07) is 7.94. The zero-order valence-corrected chi connectivity index (χ0v) is 12.2. The Labute approximate surface area is 117 Å². The fourth-order valence-corrected chi connectivity index (χ4v) is 2.99. The van der Waals surface area contributed by atoms with Gasteiger partial charge in [0.05, 0.1) is 4.91 Å². The molecule has 0 bridgehead atoms. The summed E-state index contributed by atoms with van der Waals surface area (Å²) in [6.07, 6.45) is 1.89. The number of likely N-dealkylation sites (N-methyl/N-ethyl adjacent to an activating group) is 1. The minimum atomic E-state index is -0.0188. The molecule has 0 saturated carbocycles. The van der Waals surface area contributed by atoms with Gasteiger partial charge in [-0.25, -0.2) is 0 Å². The second-order valence-electron chi connectivity index (χ2n) is 3.26. The lowest BCUT2D eigenvalue weighted by molar-refractivity contribution is -0.121. The van der Waals surface area contributed by atoms with E-state index in [9.17, 15) is 4.79 Å². The number of hydrogen-bond acceptors (Lipinski definition) is 3. The lowest BCUT2D eigenvalue weighted by atomic mass is 10.2. The first kappa shape index (κ1) is 12.1. The number of amides is 1. The zero-order valence-electron chi connectivity index (χ0n) is 8.44. The Bertz CT molecular complexity index is 499. The van der Waals surface area contributed by atoms with Gasteiger partial charge < -0.3 is 0 Å². The summed E-state index contributed by atoms with van der Waals surface area (Å²) in [5.74, 6) is -0.0188. The van der Waals surface area contributed by atoms with Crippen molar-refractivity contribution in [1.82, 2.24) is 4.90 Å². The van der Waals surface area contributed by atoms with Crippen molar-refractivity contribution in [3.8, 4) is 0 Å². The van der Waals surface area contributed by atoms with Crippen molar-refractivity contribution < 1.29 is 4.79 Å². The first-order valence-corrected chi connectivity index (χ1v) is 6.86. The summed E-state index contributed by atoms with van der Waals surface area (Å²) < 4.78 is 1.74. The molecule has 1 heterocycles. The monoisotopic (exact) mass is 361 g/mol. The quantitative estimate of drug-likeness (QED) is 0.436. The molecule has 1 aliphatic rings. The van der Waals surface area contributed by atoms with Crippen LogP contribution in [-0.2, 0) is 4.79 Å². The van der Waals surface area contributed by atoms with Crippen LogP contribution >= 0.6 is 46.6 Å². The van der Waals surface area contributed by atoms with E-state index in [4.69, 9.17) is 12.2 Å². The number of rotatable bonds is 1. The summed E-state index contributed by atoms with van der Waals surface area (Å²) in [5.41, 5.74) is 1.05. The fraction of sp³-hybridized carbons (Fsp3) is 0.0909. The first-order chi connectivity index (χ1) is 7.59. The molecule has 0 N–H and O–H groups in total. The smallest absolute Gasteiger partial charge is 0.265 e. The molecule has 1 amide bonds. The van der Waals surface area contributed by atoms with Crippen molar-refractivity contribution in [2.45, 2.75) is 0 Å². The Morgan fingerprint density at radius 1 is 1.44 bits per heavy atom. The maximum Gasteiger partial charge on any atom is 0.265 e. The Morgan fingerprint density at radius 2 is 2.12 bits per heavy atom. The van der Waals surface area contributed by atoms with Crippen LogP contribution in [0, 0.1) is 3.57 Å². The van der Waals surface area contributed by atoms with Crippen LogP contribution < -0.4 is 0 Å². The van der Waals surface area contributed by atoms with Crippen molar-refractivity contribution in [3.05, 3.63) is 38.3 Å². The molecule has 0 aliphatic carbocycles. The van der Waals surface area contributed by atoms with Crippen molar-refractivity contribution in [2.24, 2.45) is 0 Å². The minimum absolute atomic E-state index is 0.0188. The third-order valence-electron chi connectivity index (χ3n) is 2.18. The number of carbonyl (C=O) groups excluding carboxylic acids is 1. The average Bonchev–Trinajstić information content (AvgIpc) is 2.50. The molecule has 0 radical (unpaired) electrons. The van der Waals surface area contributed by atoms with Gasteiger partial charge in [-0.15, -0.1) is 0 Å². The van der Waals surface area contributed by atoms with Crippen molar-refractivity contribution in [2.75, 3.05) is 7.05 Å². The van der Waals surface area contributed by atoms with Gasteiger partial charge in [-0.05, 0) is 40.3 Å². The molecule has 2 nitrogen and oxygen atoms in total. The number of carbonyl (C=O) groups is 1. The maximum absolute atomic E-state index is 11.8. The highest BCUT2D eigenvalue weighted by Gasteiger charge is 2.28. The molecule has 1 aromatic rings. The Morgan fingerprint density at radius 3 is 2.69 bits per heavy atom. The summed E-state index contributed by atoms with van der Waals surface area (Å²) in [7, 11) is 1.70. The number of benzene rings is 1. The molecular formula is C11H8INOS2. The summed E-state index contributed by atoms with van der Waals surface area (Å²) in [6.45, 7) is 0. The van der Waals surface area contributed by atoms with E-state index in [0.717, 1.165) is 9.13 Å². The van der Waals surface area contributed by atoms with E-state index in [-0.39, 0.29) is 5.91 Å². The van der Waals surface area contributed by atoms with Gasteiger partial charge in [0, 0.05) is 10.6 Å². The molecule has 2 rings (SSSR count). The summed E-state index contributed by atoms with van der Waals surface area (Å²) in [5, 5.41) is 0. The van der Waals surface area contributed by atoms with Crippen LogP contribution in [0.15, 0.2) is 29.2 Å². The molecule has 5 heteroatoms. The second kappa shape index (κ2) is 4.85. The maximum atomic E-state index is 11.8. The first-order valence-electron chi connectivity index (χ1n) is 4.55. The number of thioether (sulfide) groups is 1. The van der Waals surface area contributed by atoms with Gasteiger partial charge in [0.25, 0.3) is 5.91 Å². The Kier molecular flexibility index (Phi) is 3.66. The van der Waals surface area contributed by atoms with Gasteiger partial charge in [0.15, 0.2) is 0 Å². The molecule has 1 fully saturated rings. The normalized spacial score (nSPS) is 18.6. The molecule has 16 heavy (non-hydrogen) atoms. The SMILES string of the molecule is CN1C(=O)/C(=C\c2ccccc2I)SC1=S. The lowest BCUT2D eigenvalue weighted by Gasteiger charge is -2.03. The minimum Gasteiger partial charge on any atom is -0.296 e. The van der Waals surface area contributed by atoms with Crippen molar-refractivity contribution in [1.29, 1.82) is 0 Å². The topological polar surface area (TPSA) is 20.3 Å². The van der Waals surface area contributed by atoms with Crippen LogP contribution in [-0.4, -0.2) is 22.2 Å². The van der Waals surface area contributed by atoms with Crippen LogP contribution in [0.5, 0.6) is 0 Å². The van der Waals surface area contributed by atoms with Crippen molar-refractivity contribution >= 4 is 62.9 Å². The molecular weight excluding hydrogens is 353 g/mol. The molecule has 0 atom stereocenters. The highest BCUT2D eigenvalue weighted by Crippen LogP contribution is 2.31. The molecule has 0 spiro atoms. The largest absolute Gasteiger partial charge is 0.296 e. The van der Waals surface area contributed by atoms with E-state index < -0.39 is 0 Å². The predicted molar refractivity (Wildman–Crippen MR) is 80.1 cm³/mol. The summed E-state index contributed by atoms with van der Waals surface area (Å²) >= 11 is 8.67. The van der Waals surface area contributed by atoms with E-state index in [0.29, 0.717) is 9.23 Å². The van der Waals surface area contributed by atoms with Gasteiger partial charge in [-0.1, -0.05) is 42.2 Å². The van der Waals surface area contributed by atoms with E-state index in [1.54, 1.807) is 7.05 Å². The third-order valence-corrected chi connectivity index (χ3v) is 4.65. The highest BCUT2D eigenvalue weighted by atomic mass is 127. The Hall–Kier alpha value is -0.400. The molecule has 1 aliphatic heterocycles. The second-order valence-corrected chi connectivity index (χ2v) is 6.10. The average molecular weight is 361 g/mol. The number of halogens is 1. The number of hydrogen-bond donors (Lipinski definition) is 0. The number of thiocarbonyl (C=S) groups is 1. The molecule has 1 aromatic carbocycles. The van der Waals surface area contributed by atoms with Crippen LogP contribution in [0.25, 0.3) is 6.08 Å². The van der Waals surface area contributed by atoms with E-state index in [2.05, 4.69) is 22.6 Å². The fourth-order valence-electron chi connectivity index (χ4n) is 1.28. The van der Waals surface area contributed by atoms with Gasteiger partial charge in [0.1, 0.15) is 4.32 Å². The van der Waals surface area contributed by atoms with Gasteiger partial charge in [-0.2, -0.15) is 0 Å². The van der Waals surface area contributed by atoms with Gasteiger partial charge in [-0.3, -0.25) is 9.69 Å². The van der Waals surface area contributed by atoms with Gasteiger partial charge in [0.2, 0.25) is 0 Å². The zero-order chi connectivity index (χ0) is 11.7. The predicted octanol–water partition coefficient (Wildman–Crippen LogP) is 3.12. The van der Waals surface area contributed by atoms with Crippen molar-refractivity contribution in [3.63, 3.8) is 0 Å². The highest BCUT2D eigenvalue weighted by molar-refractivity contribution is 14.1. The van der Waals surface area contributed by atoms with Crippen LogP contribution in [0.1, 0.15) is 5.56 Å². The lowest BCUT2D eigenvalue weighted by Crippen LogP contribution is -2.22. The Balaban J connectivity index is 2.37. The molecule has 0 unspecified atom stereocenters. The number of nitrogens with zero attached hydrogens (tertiary/aromatic N) is 1. The van der Waals surface area contributed by atoms with Crippen LogP contribution in [0.3, 0.4) is 0 Å². The molecule has 1 saturated heterocycles. The van der Waals surface area contributed by atoms with Gasteiger partial charge >= 0.3 is 0 Å². The van der Waals surface area contributed by atoms with Crippen LogP contribution in [0.2, 0.25) is 0 Å². The van der Waals surface area contributed by atoms with Crippen LogP contribution in [0.4, 0.5) is 0 Å². The standard InChI is InChI=1S/C11H8INOS2/c1-13-10(14)9(16-11(13)15)6-7-4-2-3-5-8(7)12/h2-6H,1H3/b9-6+.